The molecule has 1 aromatic carbocycles. The van der Waals surface area contributed by atoms with Gasteiger partial charge in [0.25, 0.3) is 5.89 Å². The van der Waals surface area contributed by atoms with Crippen LogP contribution in [0.15, 0.2) is 68.4 Å². The van der Waals surface area contributed by atoms with E-state index in [1.165, 1.54) is 12.1 Å². The first-order valence-electron chi connectivity index (χ1n) is 12.0. The third-order valence-electron chi connectivity index (χ3n) is 4.70. The van der Waals surface area contributed by atoms with Crippen LogP contribution in [0.4, 0.5) is 20.5 Å². The average molecular weight is 569 g/mol. The molecule has 1 aliphatic heterocycles. The van der Waals surface area contributed by atoms with Crippen molar-refractivity contribution in [3.8, 4) is 0 Å². The molecule has 1 aliphatic rings. The zero-order valence-corrected chi connectivity index (χ0v) is 23.5. The monoisotopic (exact) mass is 567 g/mol. The highest BCUT2D eigenvalue weighted by Crippen LogP contribution is 2.39. The molecule has 7 nitrogen and oxygen atoms in total. The van der Waals surface area contributed by atoms with E-state index in [1.807, 2.05) is 48.5 Å². The lowest BCUT2D eigenvalue weighted by Gasteiger charge is -2.29. The van der Waals surface area contributed by atoms with Crippen molar-refractivity contribution in [3.63, 3.8) is 0 Å². The maximum atomic E-state index is 15.9. The van der Waals surface area contributed by atoms with E-state index in [4.69, 9.17) is 9.52 Å². The van der Waals surface area contributed by atoms with Gasteiger partial charge < -0.3 is 25.1 Å². The van der Waals surface area contributed by atoms with Gasteiger partial charge in [-0.25, -0.2) is 8.78 Å². The molecule has 36 heavy (non-hydrogen) atoms. The lowest BCUT2D eigenvalue weighted by atomic mass is 10.0. The van der Waals surface area contributed by atoms with Gasteiger partial charge in [-0.3, -0.25) is 0 Å². The van der Waals surface area contributed by atoms with Crippen LogP contribution in [0, 0.1) is 5.82 Å². The Balaban J connectivity index is 0.00000154. The normalized spacial score (nSPS) is 14.5. The van der Waals surface area contributed by atoms with E-state index in [1.54, 1.807) is 29.4 Å². The van der Waals surface area contributed by atoms with Crippen LogP contribution in [-0.2, 0) is 0 Å². The van der Waals surface area contributed by atoms with Crippen LogP contribution < -0.4 is 10.6 Å². The summed E-state index contributed by atoms with van der Waals surface area (Å²) < 4.78 is 36.7. The molecule has 0 amide bonds. The maximum Gasteiger partial charge on any atom is 0.315 e. The highest BCUT2D eigenvalue weighted by atomic mass is 79.9. The van der Waals surface area contributed by atoms with Crippen molar-refractivity contribution >= 4 is 33.2 Å². The summed E-state index contributed by atoms with van der Waals surface area (Å²) in [7, 11) is 0. The van der Waals surface area contributed by atoms with Crippen LogP contribution in [0.25, 0.3) is 5.57 Å². The van der Waals surface area contributed by atoms with Crippen LogP contribution in [0.5, 0.6) is 0 Å². The maximum absolute atomic E-state index is 15.9. The Morgan fingerprint density at radius 2 is 1.89 bits per heavy atom. The zero-order chi connectivity index (χ0) is 27.3. The molecule has 2 aromatic rings. The van der Waals surface area contributed by atoms with E-state index in [0.29, 0.717) is 16.6 Å². The summed E-state index contributed by atoms with van der Waals surface area (Å²) in [4.78, 5) is 1.64. The zero-order valence-electron chi connectivity index (χ0n) is 21.9. The number of anilines is 2. The summed E-state index contributed by atoms with van der Waals surface area (Å²) in [6.45, 7) is 13.7. The van der Waals surface area contributed by atoms with Crippen molar-refractivity contribution < 1.29 is 18.3 Å². The van der Waals surface area contributed by atoms with Gasteiger partial charge >= 0.3 is 6.01 Å². The van der Waals surface area contributed by atoms with Gasteiger partial charge in [-0.2, -0.15) is 0 Å². The van der Waals surface area contributed by atoms with Crippen molar-refractivity contribution in [1.29, 1.82) is 0 Å². The van der Waals surface area contributed by atoms with Crippen molar-refractivity contribution in [2.45, 2.75) is 54.9 Å². The van der Waals surface area contributed by atoms with E-state index in [-0.39, 0.29) is 42.0 Å². The molecule has 0 saturated heterocycles. The minimum atomic E-state index is -0.578. The summed E-state index contributed by atoms with van der Waals surface area (Å²) in [6, 6.07) is 4.53. The fourth-order valence-corrected chi connectivity index (χ4v) is 3.38. The second-order valence-corrected chi connectivity index (χ2v) is 7.83. The van der Waals surface area contributed by atoms with Crippen LogP contribution in [0.1, 0.15) is 60.8 Å². The number of nitrogens with zero attached hydrogens (tertiary/aromatic N) is 3. The summed E-state index contributed by atoms with van der Waals surface area (Å²) >= 11 is 3.22. The first kappa shape index (κ1) is 31.1. The molecule has 3 rings (SSSR count). The Kier molecular flexibility index (Phi) is 13.7. The Morgan fingerprint density at radius 1 is 1.19 bits per heavy atom. The Bertz CT molecular complexity index is 1110. The van der Waals surface area contributed by atoms with E-state index in [0.717, 1.165) is 5.57 Å². The Morgan fingerprint density at radius 3 is 2.47 bits per heavy atom. The van der Waals surface area contributed by atoms with E-state index in [9.17, 15) is 4.39 Å². The number of rotatable bonds is 8. The number of hydrogen-bond donors (Lipinski definition) is 3. The quantitative estimate of drug-likeness (QED) is 0.302. The van der Waals surface area contributed by atoms with Gasteiger partial charge in [-0.15, -0.1) is 5.10 Å². The van der Waals surface area contributed by atoms with Crippen molar-refractivity contribution in [1.82, 2.24) is 15.1 Å². The lowest BCUT2D eigenvalue weighted by Crippen LogP contribution is -2.22. The smallest absolute Gasteiger partial charge is 0.315 e. The number of aromatic nitrogens is 2. The molecule has 0 spiro atoms. The van der Waals surface area contributed by atoms with Gasteiger partial charge in [0, 0.05) is 23.4 Å². The average Bonchev–Trinajstić information content (AvgIpc) is 3.36. The molecule has 2 heterocycles. The molecule has 198 valence electrons. The first-order valence-corrected chi connectivity index (χ1v) is 12.8. The van der Waals surface area contributed by atoms with E-state index in [2.05, 4.69) is 36.8 Å². The predicted molar refractivity (Wildman–Crippen MR) is 146 cm³/mol. The fourth-order valence-electron chi connectivity index (χ4n) is 3.05. The van der Waals surface area contributed by atoms with Gasteiger partial charge in [0.05, 0.1) is 29.3 Å². The highest BCUT2D eigenvalue weighted by molar-refractivity contribution is 9.10. The molecule has 0 fully saturated rings. The number of benzene rings is 1. The highest BCUT2D eigenvalue weighted by Gasteiger charge is 2.30. The number of nitrogens with one attached hydrogen (secondary N) is 2. The molecule has 0 aliphatic carbocycles. The molecule has 0 atom stereocenters. The number of halogens is 3. The largest absolute Gasteiger partial charge is 0.403 e. The van der Waals surface area contributed by atoms with Gasteiger partial charge in [0.15, 0.2) is 5.83 Å². The molecular formula is C26H36BrF2N5O2. The molecular weight excluding hydrogens is 532 g/mol. The lowest BCUT2D eigenvalue weighted by molar-refractivity contribution is 0.309. The minimum Gasteiger partial charge on any atom is -0.403 e. The Hall–Kier alpha value is -2.98. The first-order chi connectivity index (χ1) is 17.4. The van der Waals surface area contributed by atoms with Gasteiger partial charge in [-0.05, 0) is 44.0 Å². The Labute approximate surface area is 220 Å². The van der Waals surface area contributed by atoms with Crippen molar-refractivity contribution in [2.24, 2.45) is 0 Å². The topological polar surface area (TPSA) is 86.5 Å². The van der Waals surface area contributed by atoms with Gasteiger partial charge in [0.2, 0.25) is 0 Å². The molecule has 0 radical (unpaired) electrons. The molecule has 0 unspecified atom stereocenters. The number of hydrogen-bond acceptors (Lipinski definition) is 7. The molecule has 3 N–H and O–H groups in total. The second-order valence-electron chi connectivity index (χ2n) is 6.92. The summed E-state index contributed by atoms with van der Waals surface area (Å²) in [6.07, 6.45) is 5.77. The number of aliphatic hydroxyl groups is 1. The number of aliphatic hydroxyl groups excluding tert-OH is 1. The third-order valence-corrected chi connectivity index (χ3v) is 5.19. The van der Waals surface area contributed by atoms with E-state index < -0.39 is 11.6 Å². The second kappa shape index (κ2) is 15.9. The fraction of sp³-hybridized carbons (Fsp3) is 0.385. The summed E-state index contributed by atoms with van der Waals surface area (Å²) in [5.41, 5.74) is 1.51. The predicted octanol–water partition coefficient (Wildman–Crippen LogP) is 7.60. The minimum absolute atomic E-state index is 0.00661. The summed E-state index contributed by atoms with van der Waals surface area (Å²) in [5.74, 6) is -1.10. The van der Waals surface area contributed by atoms with Crippen molar-refractivity contribution in [2.75, 3.05) is 23.8 Å². The number of allylic oxidation sites excluding steroid dienone is 4. The standard InChI is InChI=1S/C22H24BrF2N5O2.2C2H6/c1-4-9-30-12-15(21-28-29-22(32-21)26-8-10-31)19(18(25)20(30)13(3)5-2)27-17-7-6-14(23)11-16(17)24;2*1-2/h4,6-7,9,11-12,27,31H,5,8,10H2,1-3H3,(H,26,29);2*1-2H3/b9-4-,20-13+;;. The van der Waals surface area contributed by atoms with Crippen LogP contribution >= 0.6 is 15.9 Å². The van der Waals surface area contributed by atoms with Crippen LogP contribution in [0.2, 0.25) is 0 Å². The van der Waals surface area contributed by atoms with Crippen LogP contribution in [-0.4, -0.2) is 33.4 Å². The molecule has 10 heteroatoms. The van der Waals surface area contributed by atoms with E-state index >= 15 is 4.39 Å². The van der Waals surface area contributed by atoms with Gasteiger partial charge in [0.1, 0.15) is 5.82 Å². The summed E-state index contributed by atoms with van der Waals surface area (Å²) in [5, 5.41) is 22.5. The van der Waals surface area contributed by atoms with Crippen LogP contribution in [0.3, 0.4) is 0 Å². The SMILES string of the molecule is C/C=C\N1C=C(c2nnc(NCCO)o2)C(Nc2ccc(Br)cc2F)=C(F)/C1=C(/C)CC.CC.CC. The molecule has 1 aromatic heterocycles. The van der Waals surface area contributed by atoms with Gasteiger partial charge in [-0.1, -0.05) is 61.7 Å². The third kappa shape index (κ3) is 7.76. The molecule has 0 bridgehead atoms. The van der Waals surface area contributed by atoms with Crippen molar-refractivity contribution in [3.05, 3.63) is 75.6 Å². The molecule has 0 saturated carbocycles.